The van der Waals surface area contributed by atoms with E-state index in [1.54, 1.807) is 0 Å². The minimum Gasteiger partial charge on any atom is -0.310 e. The van der Waals surface area contributed by atoms with Crippen LogP contribution in [-0.4, -0.2) is 16.2 Å². The quantitative estimate of drug-likeness (QED) is 0.274. The number of carbonyl (C=O) groups excluding carboxylic acids is 1. The Balaban J connectivity index is 0. The van der Waals surface area contributed by atoms with Crippen molar-refractivity contribution in [2.24, 2.45) is 0 Å². The molecule has 0 aliphatic rings. The van der Waals surface area contributed by atoms with Crippen LogP contribution in [0.25, 0.3) is 0 Å². The molecule has 0 saturated carbocycles. The van der Waals surface area contributed by atoms with Crippen molar-refractivity contribution >= 4 is 16.2 Å². The third kappa shape index (κ3) is 18.5. The van der Waals surface area contributed by atoms with Gasteiger partial charge in [-0.1, -0.05) is 0 Å². The second kappa shape index (κ2) is 9.50. The summed E-state index contributed by atoms with van der Waals surface area (Å²) in [6.45, 7) is 0. The Labute approximate surface area is 43.1 Å². The van der Waals surface area contributed by atoms with Gasteiger partial charge in [0.1, 0.15) is 0 Å². The second-order valence-electron chi connectivity index (χ2n) is 0.236. The van der Waals surface area contributed by atoms with Gasteiger partial charge in [0, 0.05) is 21.7 Å². The fourth-order valence-electron chi connectivity index (χ4n) is 0. The molecule has 0 aliphatic heterocycles. The van der Waals surface area contributed by atoms with Crippen LogP contribution in [0, 0.1) is 0 Å². The molecule has 0 fully saturated rings. The summed E-state index contributed by atoms with van der Waals surface area (Å²) in [7, 11) is 0.688. The maximum atomic E-state index is 8.87. The van der Waals surface area contributed by atoms with E-state index in [2.05, 4.69) is 0 Å². The molecule has 0 atom stereocenters. The molecule has 1 nitrogen and oxygen atoms in total. The summed E-state index contributed by atoms with van der Waals surface area (Å²) < 4.78 is 0. The van der Waals surface area contributed by atoms with Crippen LogP contribution in [0.1, 0.15) is 0 Å². The van der Waals surface area contributed by atoms with Crippen molar-refractivity contribution in [2.75, 3.05) is 0 Å². The van der Waals surface area contributed by atoms with E-state index in [9.17, 15) is 0 Å². The third-order valence-corrected chi connectivity index (χ3v) is 0. The molecular weight excluding hydrogens is 104 g/mol. The first kappa shape index (κ1) is 8.82. The van der Waals surface area contributed by atoms with E-state index < -0.39 is 0 Å². The first-order chi connectivity index (χ1) is 1.41. The van der Waals surface area contributed by atoms with Crippen molar-refractivity contribution in [1.82, 2.24) is 0 Å². The third-order valence-electron chi connectivity index (χ3n) is 0. The number of hydrogen-bond donors (Lipinski definition) is 0. The SMILES string of the molecule is O=C[SiH3].[Ti]. The monoisotopic (exact) mass is 108 g/mol. The fraction of sp³-hybridized carbons (Fsp3) is 0. The van der Waals surface area contributed by atoms with Gasteiger partial charge in [-0.15, -0.1) is 0 Å². The van der Waals surface area contributed by atoms with Crippen molar-refractivity contribution in [3.63, 3.8) is 0 Å². The zero-order chi connectivity index (χ0) is 2.71. The van der Waals surface area contributed by atoms with Crippen LogP contribution in [0.5, 0.6) is 0 Å². The molecule has 22 valence electrons. The summed E-state index contributed by atoms with van der Waals surface area (Å²) in [6, 6.07) is 0. The first-order valence-corrected chi connectivity index (χ1v) is 1.97. The Hall–Kier alpha value is 0.601. The predicted molar refractivity (Wildman–Crippen MR) is 16.7 cm³/mol. The van der Waals surface area contributed by atoms with Crippen LogP contribution in [0.4, 0.5) is 0 Å². The maximum absolute atomic E-state index is 8.87. The summed E-state index contributed by atoms with van der Waals surface area (Å²) in [5, 5.41) is 0. The summed E-state index contributed by atoms with van der Waals surface area (Å²) in [5.41, 5.74) is 0. The molecule has 0 bridgehead atoms. The van der Waals surface area contributed by atoms with Gasteiger partial charge in [-0.2, -0.15) is 0 Å². The first-order valence-electron chi connectivity index (χ1n) is 0.813. The Morgan fingerprint density at radius 3 is 1.75 bits per heavy atom. The Morgan fingerprint density at radius 1 is 1.75 bits per heavy atom. The Bertz CT molecular complexity index is 15.5. The van der Waals surface area contributed by atoms with Crippen molar-refractivity contribution in [2.45, 2.75) is 0 Å². The molecule has 0 aliphatic carbocycles. The molecule has 0 aromatic rings. The summed E-state index contributed by atoms with van der Waals surface area (Å²) in [6.07, 6.45) is 0. The average molecular weight is 108 g/mol. The smallest absolute Gasteiger partial charge is 0.0881 e. The topological polar surface area (TPSA) is 17.1 Å². The van der Waals surface area contributed by atoms with Crippen LogP contribution >= 0.6 is 0 Å². The van der Waals surface area contributed by atoms with Crippen molar-refractivity contribution in [1.29, 1.82) is 0 Å². The van der Waals surface area contributed by atoms with Crippen LogP contribution < -0.4 is 0 Å². The largest absolute Gasteiger partial charge is 0.310 e. The molecule has 0 radical (unpaired) electrons. The van der Waals surface area contributed by atoms with Crippen LogP contribution in [0.15, 0.2) is 0 Å². The van der Waals surface area contributed by atoms with Gasteiger partial charge in [0.2, 0.25) is 0 Å². The van der Waals surface area contributed by atoms with Gasteiger partial charge < -0.3 is 4.79 Å². The normalized spacial score (nSPS) is 4.00. The van der Waals surface area contributed by atoms with Gasteiger partial charge in [-0.25, -0.2) is 0 Å². The van der Waals surface area contributed by atoms with Crippen molar-refractivity contribution in [3.05, 3.63) is 0 Å². The predicted octanol–water partition coefficient (Wildman–Crippen LogP) is -1.46. The van der Waals surface area contributed by atoms with Crippen LogP contribution in [-0.2, 0) is 26.5 Å². The Morgan fingerprint density at radius 2 is 1.75 bits per heavy atom. The Kier molecular flexibility index (Phi) is 21.0. The van der Waals surface area contributed by atoms with Gasteiger partial charge in [-0.05, 0) is 0 Å². The van der Waals surface area contributed by atoms with Crippen LogP contribution in [0.2, 0.25) is 0 Å². The minimum atomic E-state index is 0. The van der Waals surface area contributed by atoms with Gasteiger partial charge in [0.25, 0.3) is 0 Å². The standard InChI is InChI=1S/CH4OSi.Ti/c2-1-3;/h1H,3H3;. The van der Waals surface area contributed by atoms with Gasteiger partial charge in [-0.3, -0.25) is 0 Å². The van der Waals surface area contributed by atoms with Crippen LogP contribution in [0.3, 0.4) is 0 Å². The van der Waals surface area contributed by atoms with E-state index in [0.717, 1.165) is 5.91 Å². The molecule has 0 heterocycles. The fourth-order valence-corrected chi connectivity index (χ4v) is 0. The second-order valence-corrected chi connectivity index (χ2v) is 0.707. The molecule has 0 spiro atoms. The van der Waals surface area contributed by atoms with E-state index in [1.807, 2.05) is 0 Å². The van der Waals surface area contributed by atoms with Gasteiger partial charge in [0.05, 0.1) is 16.2 Å². The number of carbonyl (C=O) groups is 1. The molecule has 0 aromatic carbocycles. The summed E-state index contributed by atoms with van der Waals surface area (Å²) >= 11 is 0. The molecule has 0 aromatic heterocycles. The molecule has 0 saturated heterocycles. The molecular formula is CH4OSiTi. The van der Waals surface area contributed by atoms with Crippen molar-refractivity contribution < 1.29 is 26.5 Å². The maximum Gasteiger partial charge on any atom is 0.0881 e. The molecule has 0 amide bonds. The van der Waals surface area contributed by atoms with Gasteiger partial charge >= 0.3 is 0 Å². The zero-order valence-corrected chi connectivity index (χ0v) is 6.05. The zero-order valence-electron chi connectivity index (χ0n) is 2.49. The van der Waals surface area contributed by atoms with E-state index in [1.165, 1.54) is 0 Å². The molecule has 0 unspecified atom stereocenters. The molecule has 0 rings (SSSR count). The van der Waals surface area contributed by atoms with E-state index in [-0.39, 0.29) is 21.7 Å². The molecule has 3 heteroatoms. The summed E-state index contributed by atoms with van der Waals surface area (Å²) in [5.74, 6) is 0.889. The van der Waals surface area contributed by atoms with E-state index in [0.29, 0.717) is 10.2 Å². The minimum absolute atomic E-state index is 0. The van der Waals surface area contributed by atoms with Gasteiger partial charge in [0.15, 0.2) is 0 Å². The average Bonchev–Trinajstić information content (AvgIpc) is 0.918. The van der Waals surface area contributed by atoms with Crippen molar-refractivity contribution in [3.8, 4) is 0 Å². The van der Waals surface area contributed by atoms with E-state index in [4.69, 9.17) is 4.79 Å². The number of hydrogen-bond acceptors (Lipinski definition) is 1. The summed E-state index contributed by atoms with van der Waals surface area (Å²) in [4.78, 5) is 8.87. The molecule has 0 N–H and O–H groups in total. The van der Waals surface area contributed by atoms with E-state index >= 15 is 0 Å². The number of rotatable bonds is 0. The molecule has 4 heavy (non-hydrogen) atoms.